The molecule has 0 amide bonds. The molecule has 20 heavy (non-hydrogen) atoms. The van der Waals surface area contributed by atoms with E-state index in [-0.39, 0.29) is 0 Å². The van der Waals surface area contributed by atoms with Crippen LogP contribution in [-0.2, 0) is 11.3 Å². The molecule has 0 bridgehead atoms. The molecule has 0 saturated heterocycles. The summed E-state index contributed by atoms with van der Waals surface area (Å²) in [4.78, 5) is 4.74. The van der Waals surface area contributed by atoms with Crippen LogP contribution in [0.5, 0.6) is 0 Å². The second-order valence-electron chi connectivity index (χ2n) is 6.10. The molecule has 1 unspecified atom stereocenters. The minimum atomic E-state index is 0.368. The van der Waals surface area contributed by atoms with Crippen molar-refractivity contribution in [2.75, 3.05) is 13.2 Å². The molecule has 2 aromatic rings. The van der Waals surface area contributed by atoms with Gasteiger partial charge in [-0.2, -0.15) is 0 Å². The van der Waals surface area contributed by atoms with Gasteiger partial charge in [-0.15, -0.1) is 0 Å². The summed E-state index contributed by atoms with van der Waals surface area (Å²) in [5, 5.41) is 3.67. The smallest absolute Gasteiger partial charge is 0.136 e. The molecule has 0 radical (unpaired) electrons. The number of ether oxygens (including phenoxy) is 1. The molecule has 1 atom stereocenters. The van der Waals surface area contributed by atoms with Crippen molar-refractivity contribution in [3.05, 3.63) is 29.6 Å². The second-order valence-corrected chi connectivity index (χ2v) is 6.10. The molecular weight excluding hydrogens is 250 g/mol. The fourth-order valence-corrected chi connectivity index (χ4v) is 3.19. The summed E-state index contributed by atoms with van der Waals surface area (Å²) in [6, 6.07) is 7.62. The van der Waals surface area contributed by atoms with Crippen molar-refractivity contribution in [2.45, 2.75) is 44.9 Å². The van der Waals surface area contributed by atoms with Crippen LogP contribution in [0.1, 0.15) is 36.7 Å². The molecule has 0 spiro atoms. The van der Waals surface area contributed by atoms with Gasteiger partial charge in [-0.3, -0.25) is 0 Å². The van der Waals surface area contributed by atoms with Gasteiger partial charge in [0.25, 0.3) is 0 Å². The van der Waals surface area contributed by atoms with Crippen LogP contribution >= 0.6 is 0 Å². The summed E-state index contributed by atoms with van der Waals surface area (Å²) in [6.07, 6.45) is 4.02. The number of rotatable bonds is 3. The van der Waals surface area contributed by atoms with Gasteiger partial charge in [0.05, 0.1) is 23.7 Å². The highest BCUT2D eigenvalue weighted by Gasteiger charge is 2.25. The van der Waals surface area contributed by atoms with Gasteiger partial charge in [0.1, 0.15) is 12.4 Å². The van der Waals surface area contributed by atoms with Crippen molar-refractivity contribution in [2.24, 2.45) is 0 Å². The molecule has 1 aromatic carbocycles. The van der Waals surface area contributed by atoms with Crippen LogP contribution in [0.3, 0.4) is 0 Å². The third kappa shape index (κ3) is 2.03. The summed E-state index contributed by atoms with van der Waals surface area (Å²) in [6.45, 7) is 4.51. The standard InChI is InChI=1S/C16H21N3O/c1-11-5-6-15-14(7-11)18-16-10-20-9-13(19(15)16)8-17-12-3-2-4-12/h5-7,12-13,17H,2-4,8-10H2,1H3. The zero-order valence-corrected chi connectivity index (χ0v) is 11.9. The topological polar surface area (TPSA) is 39.1 Å². The average molecular weight is 271 g/mol. The molecule has 4 nitrogen and oxygen atoms in total. The Hall–Kier alpha value is -1.39. The van der Waals surface area contributed by atoms with Crippen LogP contribution in [0, 0.1) is 6.92 Å². The van der Waals surface area contributed by atoms with E-state index in [9.17, 15) is 0 Å². The Bertz CT molecular complexity index is 630. The van der Waals surface area contributed by atoms with Crippen LogP contribution < -0.4 is 5.32 Å². The maximum atomic E-state index is 5.73. The molecule has 1 saturated carbocycles. The van der Waals surface area contributed by atoms with E-state index in [4.69, 9.17) is 9.72 Å². The minimum absolute atomic E-state index is 0.368. The Balaban J connectivity index is 1.65. The van der Waals surface area contributed by atoms with Crippen molar-refractivity contribution in [3.63, 3.8) is 0 Å². The van der Waals surface area contributed by atoms with E-state index in [1.165, 1.54) is 30.3 Å². The number of benzene rings is 1. The number of hydrogen-bond donors (Lipinski definition) is 1. The predicted molar refractivity (Wildman–Crippen MR) is 78.8 cm³/mol. The van der Waals surface area contributed by atoms with Crippen molar-refractivity contribution in [1.29, 1.82) is 0 Å². The lowest BCUT2D eigenvalue weighted by molar-refractivity contribution is 0.0546. The number of nitrogens with one attached hydrogen (secondary N) is 1. The summed E-state index contributed by atoms with van der Waals surface area (Å²) in [5.41, 5.74) is 3.60. The highest BCUT2D eigenvalue weighted by molar-refractivity contribution is 5.77. The number of aryl methyl sites for hydroxylation is 1. The molecule has 4 rings (SSSR count). The molecule has 1 aliphatic carbocycles. The first-order valence-electron chi connectivity index (χ1n) is 7.60. The lowest BCUT2D eigenvalue weighted by atomic mass is 9.93. The van der Waals surface area contributed by atoms with Crippen molar-refractivity contribution >= 4 is 11.0 Å². The van der Waals surface area contributed by atoms with E-state index < -0.39 is 0 Å². The fraction of sp³-hybridized carbons (Fsp3) is 0.562. The lowest BCUT2D eigenvalue weighted by Crippen LogP contribution is -2.41. The van der Waals surface area contributed by atoms with Gasteiger partial charge in [-0.05, 0) is 37.5 Å². The van der Waals surface area contributed by atoms with Gasteiger partial charge in [0.15, 0.2) is 0 Å². The van der Waals surface area contributed by atoms with E-state index in [1.54, 1.807) is 0 Å². The zero-order valence-electron chi connectivity index (χ0n) is 11.9. The second kappa shape index (κ2) is 4.86. The molecule has 1 aromatic heterocycles. The average Bonchev–Trinajstić information content (AvgIpc) is 2.74. The normalized spacial score (nSPS) is 22.8. The van der Waals surface area contributed by atoms with Crippen molar-refractivity contribution in [3.8, 4) is 0 Å². The van der Waals surface area contributed by atoms with Gasteiger partial charge >= 0.3 is 0 Å². The van der Waals surface area contributed by atoms with Gasteiger partial charge in [0.2, 0.25) is 0 Å². The van der Waals surface area contributed by atoms with Gasteiger partial charge in [0, 0.05) is 12.6 Å². The van der Waals surface area contributed by atoms with Crippen LogP contribution in [0.2, 0.25) is 0 Å². The molecule has 1 N–H and O–H groups in total. The Morgan fingerprint density at radius 2 is 2.30 bits per heavy atom. The van der Waals surface area contributed by atoms with E-state index >= 15 is 0 Å². The molecule has 2 aliphatic rings. The predicted octanol–water partition coefficient (Wildman–Crippen LogP) is 2.56. The zero-order chi connectivity index (χ0) is 13.5. The number of nitrogens with zero attached hydrogens (tertiary/aromatic N) is 2. The summed E-state index contributed by atoms with van der Waals surface area (Å²) in [5.74, 6) is 1.07. The first-order chi connectivity index (χ1) is 9.81. The van der Waals surface area contributed by atoms with Crippen molar-refractivity contribution < 1.29 is 4.74 Å². The number of aromatic nitrogens is 2. The molecular formula is C16H21N3O. The molecule has 1 fully saturated rings. The Morgan fingerprint density at radius 3 is 3.10 bits per heavy atom. The third-order valence-corrected chi connectivity index (χ3v) is 4.57. The van der Waals surface area contributed by atoms with E-state index in [0.717, 1.165) is 30.5 Å². The minimum Gasteiger partial charge on any atom is -0.371 e. The maximum absolute atomic E-state index is 5.73. The lowest BCUT2D eigenvalue weighted by Gasteiger charge is -2.31. The first-order valence-corrected chi connectivity index (χ1v) is 7.60. The summed E-state index contributed by atoms with van der Waals surface area (Å²) >= 11 is 0. The number of hydrogen-bond acceptors (Lipinski definition) is 3. The van der Waals surface area contributed by atoms with Crippen LogP contribution in [0.4, 0.5) is 0 Å². The Labute approximate surface area is 119 Å². The highest BCUT2D eigenvalue weighted by Crippen LogP contribution is 2.27. The van der Waals surface area contributed by atoms with Crippen LogP contribution in [-0.4, -0.2) is 28.7 Å². The van der Waals surface area contributed by atoms with Crippen LogP contribution in [0.15, 0.2) is 18.2 Å². The Kier molecular flexibility index (Phi) is 3.00. The van der Waals surface area contributed by atoms with Gasteiger partial charge in [-0.25, -0.2) is 4.98 Å². The number of imidazole rings is 1. The van der Waals surface area contributed by atoms with Gasteiger partial charge < -0.3 is 14.6 Å². The summed E-state index contributed by atoms with van der Waals surface area (Å²) in [7, 11) is 0. The highest BCUT2D eigenvalue weighted by atomic mass is 16.5. The fourth-order valence-electron chi connectivity index (χ4n) is 3.19. The SMILES string of the molecule is Cc1ccc2c(c1)nc1n2C(CNC2CCC2)COC1. The van der Waals surface area contributed by atoms with Crippen molar-refractivity contribution in [1.82, 2.24) is 14.9 Å². The molecule has 1 aliphatic heterocycles. The number of fused-ring (bicyclic) bond motifs is 3. The molecule has 4 heteroatoms. The van der Waals surface area contributed by atoms with Crippen LogP contribution in [0.25, 0.3) is 11.0 Å². The quantitative estimate of drug-likeness (QED) is 0.932. The maximum Gasteiger partial charge on any atom is 0.136 e. The molecule has 106 valence electrons. The van der Waals surface area contributed by atoms with Gasteiger partial charge in [-0.1, -0.05) is 12.5 Å². The van der Waals surface area contributed by atoms with E-state index in [0.29, 0.717) is 12.6 Å². The molecule has 2 heterocycles. The third-order valence-electron chi connectivity index (χ3n) is 4.57. The Morgan fingerprint density at radius 1 is 1.40 bits per heavy atom. The van der Waals surface area contributed by atoms with E-state index in [1.807, 2.05) is 0 Å². The first kappa shape index (κ1) is 12.4. The summed E-state index contributed by atoms with van der Waals surface area (Å²) < 4.78 is 8.11. The monoisotopic (exact) mass is 271 g/mol. The van der Waals surface area contributed by atoms with E-state index in [2.05, 4.69) is 35.0 Å². The largest absolute Gasteiger partial charge is 0.371 e.